The summed E-state index contributed by atoms with van der Waals surface area (Å²) in [5.41, 5.74) is 0.541. The maximum atomic E-state index is 10.4. The van der Waals surface area contributed by atoms with Crippen LogP contribution in [0.15, 0.2) is 36.8 Å². The van der Waals surface area contributed by atoms with E-state index in [2.05, 4.69) is 11.3 Å². The minimum Gasteiger partial charge on any atom is -0.580 e. The topological polar surface area (TPSA) is 49.4 Å². The molecular weight excluding hydrogens is 156 g/mol. The number of benzene rings is 1. The van der Waals surface area contributed by atoms with E-state index in [1.165, 1.54) is 12.1 Å². The summed E-state index contributed by atoms with van der Waals surface area (Å²) in [5, 5.41) is 10.4. The maximum Gasteiger partial charge on any atom is 0.150 e. The Morgan fingerprint density at radius 1 is 1.42 bits per heavy atom. The largest absolute Gasteiger partial charge is 0.580 e. The van der Waals surface area contributed by atoms with Gasteiger partial charge in [0.15, 0.2) is 0 Å². The van der Waals surface area contributed by atoms with Gasteiger partial charge in [-0.3, -0.25) is 4.79 Å². The van der Waals surface area contributed by atoms with Gasteiger partial charge in [0.05, 0.1) is 0 Å². The van der Waals surface area contributed by atoms with Crippen molar-refractivity contribution < 1.29 is 14.6 Å². The van der Waals surface area contributed by atoms with E-state index in [1.54, 1.807) is 12.1 Å². The van der Waals surface area contributed by atoms with Gasteiger partial charge in [0, 0.05) is 17.3 Å². The Bertz CT molecular complexity index is 287. The molecule has 0 amide bonds. The van der Waals surface area contributed by atoms with Crippen LogP contribution in [0.1, 0.15) is 10.4 Å². The van der Waals surface area contributed by atoms with Crippen molar-refractivity contribution >= 4 is 6.29 Å². The molecule has 0 aliphatic carbocycles. The van der Waals surface area contributed by atoms with Crippen LogP contribution in [0.3, 0.4) is 0 Å². The molecule has 0 N–H and O–H groups in total. The third-order valence-corrected chi connectivity index (χ3v) is 1.25. The average molecular weight is 163 g/mol. The van der Waals surface area contributed by atoms with Gasteiger partial charge in [-0.15, -0.1) is 0 Å². The van der Waals surface area contributed by atoms with Crippen molar-refractivity contribution in [2.24, 2.45) is 0 Å². The molecule has 0 unspecified atom stereocenters. The lowest BCUT2D eigenvalue weighted by Gasteiger charge is -2.13. The third-order valence-electron chi connectivity index (χ3n) is 1.25. The summed E-state index contributed by atoms with van der Waals surface area (Å²) in [6.07, 6.45) is 0.718. The minimum absolute atomic E-state index is 0.389. The highest BCUT2D eigenvalue weighted by Crippen LogP contribution is 2.11. The number of rotatable bonds is 3. The van der Waals surface area contributed by atoms with Crippen molar-refractivity contribution in [1.82, 2.24) is 0 Å². The van der Waals surface area contributed by atoms with Crippen molar-refractivity contribution in [3.8, 4) is 5.75 Å². The maximum absolute atomic E-state index is 10.4. The van der Waals surface area contributed by atoms with E-state index in [1.807, 2.05) is 0 Å². The molecule has 0 atom stereocenters. The van der Waals surface area contributed by atoms with Gasteiger partial charge in [-0.1, -0.05) is 18.7 Å². The van der Waals surface area contributed by atoms with Crippen LogP contribution in [0.25, 0.3) is 0 Å². The molecule has 0 fully saturated rings. The Kier molecular flexibility index (Phi) is 2.48. The zero-order valence-electron chi connectivity index (χ0n) is 6.32. The van der Waals surface area contributed by atoms with Crippen LogP contribution < -0.4 is 9.84 Å². The second-order valence-corrected chi connectivity index (χ2v) is 2.16. The molecule has 0 aliphatic rings. The van der Waals surface area contributed by atoms with Crippen LogP contribution in [0, 0.1) is 0 Å². The van der Waals surface area contributed by atoms with E-state index in [-0.39, 0.29) is 0 Å². The number of carbonyl (C=O) groups is 1. The van der Waals surface area contributed by atoms with Gasteiger partial charge in [0.2, 0.25) is 0 Å². The molecule has 12 heavy (non-hydrogen) atoms. The van der Waals surface area contributed by atoms with Crippen LogP contribution in [0.4, 0.5) is 0 Å². The van der Waals surface area contributed by atoms with Crippen LogP contribution in [0.2, 0.25) is 0 Å². The Morgan fingerprint density at radius 2 is 2.00 bits per heavy atom. The van der Waals surface area contributed by atoms with Crippen molar-refractivity contribution in [1.29, 1.82) is 0 Å². The zero-order valence-corrected chi connectivity index (χ0v) is 6.32. The van der Waals surface area contributed by atoms with Crippen molar-refractivity contribution in [3.63, 3.8) is 0 Å². The van der Waals surface area contributed by atoms with Crippen molar-refractivity contribution in [3.05, 3.63) is 42.4 Å². The second-order valence-electron chi connectivity index (χ2n) is 2.16. The van der Waals surface area contributed by atoms with Crippen molar-refractivity contribution in [2.45, 2.75) is 0 Å². The smallest absolute Gasteiger partial charge is 0.150 e. The monoisotopic (exact) mass is 163 g/mol. The number of hydrogen-bond acceptors (Lipinski definition) is 3. The van der Waals surface area contributed by atoms with E-state index in [4.69, 9.17) is 0 Å². The molecule has 62 valence electrons. The molecule has 1 aromatic rings. The van der Waals surface area contributed by atoms with Crippen LogP contribution in [-0.2, 0) is 0 Å². The van der Waals surface area contributed by atoms with E-state index >= 15 is 0 Å². The lowest BCUT2D eigenvalue weighted by Crippen LogP contribution is -2.08. The lowest BCUT2D eigenvalue weighted by molar-refractivity contribution is -0.341. The Hall–Kier alpha value is -1.77. The fourth-order valence-corrected chi connectivity index (χ4v) is 0.746. The molecule has 0 heterocycles. The fraction of sp³-hybridized carbons (Fsp3) is 0. The SMILES string of the molecule is C=C([O-])Oc1ccc(C=O)cc1. The Morgan fingerprint density at radius 3 is 2.42 bits per heavy atom. The highest BCUT2D eigenvalue weighted by molar-refractivity contribution is 5.74. The number of aldehydes is 1. The lowest BCUT2D eigenvalue weighted by atomic mass is 10.2. The minimum atomic E-state index is -0.617. The summed E-state index contributed by atoms with van der Waals surface area (Å²) in [5.74, 6) is -0.227. The molecule has 0 aromatic heterocycles. The molecule has 0 saturated carbocycles. The first-order chi connectivity index (χ1) is 5.72. The van der Waals surface area contributed by atoms with Gasteiger partial charge in [0.1, 0.15) is 6.29 Å². The fourth-order valence-electron chi connectivity index (χ4n) is 0.746. The summed E-state index contributed by atoms with van der Waals surface area (Å²) < 4.78 is 4.65. The van der Waals surface area contributed by atoms with Crippen LogP contribution in [0.5, 0.6) is 5.75 Å². The van der Waals surface area contributed by atoms with E-state index in [9.17, 15) is 9.90 Å². The van der Waals surface area contributed by atoms with Crippen LogP contribution in [-0.4, -0.2) is 6.29 Å². The van der Waals surface area contributed by atoms with Gasteiger partial charge in [-0.05, 0) is 12.1 Å². The Labute approximate surface area is 69.9 Å². The number of carbonyl (C=O) groups excluding carboxylic acids is 1. The highest BCUT2D eigenvalue weighted by atomic mass is 16.6. The van der Waals surface area contributed by atoms with Gasteiger partial charge >= 0.3 is 0 Å². The summed E-state index contributed by atoms with van der Waals surface area (Å²) in [6, 6.07) is 6.19. The molecule has 0 aliphatic heterocycles. The first-order valence-corrected chi connectivity index (χ1v) is 3.31. The van der Waals surface area contributed by atoms with E-state index in [0.29, 0.717) is 11.3 Å². The highest BCUT2D eigenvalue weighted by Gasteiger charge is 1.88. The Balaban J connectivity index is 2.77. The quantitative estimate of drug-likeness (QED) is 0.487. The summed E-state index contributed by atoms with van der Waals surface area (Å²) in [6.45, 7) is 3.05. The first-order valence-electron chi connectivity index (χ1n) is 3.31. The summed E-state index contributed by atoms with van der Waals surface area (Å²) >= 11 is 0. The predicted molar refractivity (Wildman–Crippen MR) is 41.6 cm³/mol. The second kappa shape index (κ2) is 3.57. The van der Waals surface area contributed by atoms with E-state index in [0.717, 1.165) is 6.29 Å². The molecule has 3 nitrogen and oxygen atoms in total. The molecule has 0 saturated heterocycles. The summed E-state index contributed by atoms with van der Waals surface area (Å²) in [7, 11) is 0. The van der Waals surface area contributed by atoms with Gasteiger partial charge in [-0.2, -0.15) is 0 Å². The molecule has 1 rings (SSSR count). The van der Waals surface area contributed by atoms with Gasteiger partial charge in [0.25, 0.3) is 0 Å². The first kappa shape index (κ1) is 8.33. The molecule has 3 heteroatoms. The van der Waals surface area contributed by atoms with Gasteiger partial charge in [-0.25, -0.2) is 0 Å². The summed E-state index contributed by atoms with van der Waals surface area (Å²) in [4.78, 5) is 10.2. The predicted octanol–water partition coefficient (Wildman–Crippen LogP) is 0.709. The molecular formula is C9H7O3-. The molecule has 0 radical (unpaired) electrons. The number of hydrogen-bond donors (Lipinski definition) is 0. The van der Waals surface area contributed by atoms with Crippen LogP contribution >= 0.6 is 0 Å². The van der Waals surface area contributed by atoms with Gasteiger partial charge < -0.3 is 9.84 Å². The number of ether oxygens (including phenoxy) is 1. The molecule has 0 spiro atoms. The normalized spacial score (nSPS) is 9.00. The standard InChI is InChI=1S/C9H8O3/c1-7(11)12-9-4-2-8(6-10)3-5-9/h2-6,11H,1H2/p-1. The van der Waals surface area contributed by atoms with Crippen molar-refractivity contribution in [2.75, 3.05) is 0 Å². The molecule has 1 aromatic carbocycles. The zero-order chi connectivity index (χ0) is 8.97. The molecule has 0 bridgehead atoms. The average Bonchev–Trinajstić information content (AvgIpc) is 2.05. The third kappa shape index (κ3) is 2.12. The van der Waals surface area contributed by atoms with E-state index < -0.39 is 5.95 Å².